The molecule has 1 N–H and O–H groups in total. The van der Waals surface area contributed by atoms with Gasteiger partial charge in [0.15, 0.2) is 0 Å². The zero-order chi connectivity index (χ0) is 12.7. The molecular formula is C14H32N2. The average molecular weight is 228 g/mol. The van der Waals surface area contributed by atoms with Gasteiger partial charge in [-0.2, -0.15) is 0 Å². The zero-order valence-electron chi connectivity index (χ0n) is 12.4. The predicted molar refractivity (Wildman–Crippen MR) is 73.9 cm³/mol. The minimum absolute atomic E-state index is 0.622. The van der Waals surface area contributed by atoms with Gasteiger partial charge in [-0.25, -0.2) is 0 Å². The quantitative estimate of drug-likeness (QED) is 0.686. The molecule has 0 aromatic carbocycles. The Bertz CT molecular complexity index is 168. The van der Waals surface area contributed by atoms with Gasteiger partial charge in [0.1, 0.15) is 0 Å². The SMILES string of the molecule is CCCNC(C)CC(C)N(C)C(C)C(C)C. The topological polar surface area (TPSA) is 15.3 Å². The van der Waals surface area contributed by atoms with Crippen LogP contribution in [0.25, 0.3) is 0 Å². The first-order chi connectivity index (χ1) is 7.40. The molecule has 0 aliphatic rings. The van der Waals surface area contributed by atoms with Crippen LogP contribution in [0.15, 0.2) is 0 Å². The molecule has 16 heavy (non-hydrogen) atoms. The van der Waals surface area contributed by atoms with Crippen LogP contribution in [0.3, 0.4) is 0 Å². The van der Waals surface area contributed by atoms with Crippen molar-refractivity contribution >= 4 is 0 Å². The summed E-state index contributed by atoms with van der Waals surface area (Å²) in [4.78, 5) is 2.51. The first-order valence-corrected chi connectivity index (χ1v) is 6.85. The molecule has 0 heterocycles. The summed E-state index contributed by atoms with van der Waals surface area (Å²) >= 11 is 0. The number of nitrogens with one attached hydrogen (secondary N) is 1. The maximum absolute atomic E-state index is 3.56. The minimum atomic E-state index is 0.622. The van der Waals surface area contributed by atoms with Crippen LogP contribution in [0.2, 0.25) is 0 Å². The molecule has 3 atom stereocenters. The van der Waals surface area contributed by atoms with Crippen molar-refractivity contribution in [1.29, 1.82) is 0 Å². The van der Waals surface area contributed by atoms with E-state index in [1.54, 1.807) is 0 Å². The third kappa shape index (κ3) is 5.86. The fourth-order valence-corrected chi connectivity index (χ4v) is 2.02. The summed E-state index contributed by atoms with van der Waals surface area (Å²) < 4.78 is 0. The van der Waals surface area contributed by atoms with E-state index in [9.17, 15) is 0 Å². The summed E-state index contributed by atoms with van der Waals surface area (Å²) in [5, 5.41) is 3.56. The standard InChI is InChI=1S/C14H32N2/c1-8-9-15-12(4)10-13(5)16(7)14(6)11(2)3/h11-15H,8-10H2,1-7H3. The second-order valence-corrected chi connectivity index (χ2v) is 5.59. The second-order valence-electron chi connectivity index (χ2n) is 5.59. The van der Waals surface area contributed by atoms with Gasteiger partial charge in [-0.1, -0.05) is 20.8 Å². The van der Waals surface area contributed by atoms with Crippen molar-refractivity contribution in [1.82, 2.24) is 10.2 Å². The van der Waals surface area contributed by atoms with Crippen LogP contribution >= 0.6 is 0 Å². The van der Waals surface area contributed by atoms with E-state index in [2.05, 4.69) is 58.8 Å². The summed E-state index contributed by atoms with van der Waals surface area (Å²) in [6.07, 6.45) is 2.45. The van der Waals surface area contributed by atoms with Gasteiger partial charge in [0.05, 0.1) is 0 Å². The highest BCUT2D eigenvalue weighted by Crippen LogP contribution is 2.14. The molecule has 2 heteroatoms. The summed E-state index contributed by atoms with van der Waals surface area (Å²) in [5.41, 5.74) is 0. The van der Waals surface area contributed by atoms with Crippen LogP contribution in [0, 0.1) is 5.92 Å². The lowest BCUT2D eigenvalue weighted by Crippen LogP contribution is -2.43. The fraction of sp³-hybridized carbons (Fsp3) is 1.00. The molecule has 0 radical (unpaired) electrons. The smallest absolute Gasteiger partial charge is 0.00897 e. The first-order valence-electron chi connectivity index (χ1n) is 6.85. The van der Waals surface area contributed by atoms with E-state index >= 15 is 0 Å². The molecule has 0 aromatic heterocycles. The van der Waals surface area contributed by atoms with Crippen molar-refractivity contribution in [2.75, 3.05) is 13.6 Å². The van der Waals surface area contributed by atoms with Crippen LogP contribution in [0.4, 0.5) is 0 Å². The number of hydrogen-bond acceptors (Lipinski definition) is 2. The van der Waals surface area contributed by atoms with Gasteiger partial charge in [-0.3, -0.25) is 0 Å². The van der Waals surface area contributed by atoms with Crippen LogP contribution in [0.1, 0.15) is 54.4 Å². The van der Waals surface area contributed by atoms with Gasteiger partial charge in [0.25, 0.3) is 0 Å². The van der Waals surface area contributed by atoms with E-state index in [0.29, 0.717) is 18.1 Å². The van der Waals surface area contributed by atoms with Crippen molar-refractivity contribution < 1.29 is 0 Å². The van der Waals surface area contributed by atoms with Crippen molar-refractivity contribution in [3.05, 3.63) is 0 Å². The van der Waals surface area contributed by atoms with Gasteiger partial charge in [-0.05, 0) is 53.1 Å². The average Bonchev–Trinajstić information content (AvgIpc) is 2.23. The van der Waals surface area contributed by atoms with E-state index in [4.69, 9.17) is 0 Å². The van der Waals surface area contributed by atoms with Crippen molar-refractivity contribution in [2.45, 2.75) is 72.5 Å². The molecule has 0 fully saturated rings. The largest absolute Gasteiger partial charge is 0.314 e. The molecule has 0 amide bonds. The summed E-state index contributed by atoms with van der Waals surface area (Å²) in [6, 6.07) is 1.93. The van der Waals surface area contributed by atoms with Gasteiger partial charge in [0.2, 0.25) is 0 Å². The highest BCUT2D eigenvalue weighted by Gasteiger charge is 2.19. The fourth-order valence-electron chi connectivity index (χ4n) is 2.02. The molecule has 0 aromatic rings. The monoisotopic (exact) mass is 228 g/mol. The third-order valence-corrected chi connectivity index (χ3v) is 3.74. The summed E-state index contributed by atoms with van der Waals surface area (Å²) in [5.74, 6) is 0.728. The first kappa shape index (κ1) is 15.9. The Hall–Kier alpha value is -0.0800. The molecule has 0 aliphatic carbocycles. The molecule has 98 valence electrons. The van der Waals surface area contributed by atoms with Crippen LogP contribution in [-0.4, -0.2) is 36.6 Å². The second kappa shape index (κ2) is 8.08. The Kier molecular flexibility index (Phi) is 8.04. The highest BCUT2D eigenvalue weighted by molar-refractivity contribution is 4.76. The molecule has 0 rings (SSSR count). The Labute approximate surface area is 103 Å². The molecular weight excluding hydrogens is 196 g/mol. The van der Waals surface area contributed by atoms with E-state index in [1.165, 1.54) is 12.8 Å². The van der Waals surface area contributed by atoms with Gasteiger partial charge in [-0.15, -0.1) is 0 Å². The lowest BCUT2D eigenvalue weighted by Gasteiger charge is -2.34. The normalized spacial score (nSPS) is 17.8. The van der Waals surface area contributed by atoms with Gasteiger partial charge < -0.3 is 10.2 Å². The number of nitrogens with zero attached hydrogens (tertiary/aromatic N) is 1. The molecule has 0 spiro atoms. The number of rotatable bonds is 8. The zero-order valence-corrected chi connectivity index (χ0v) is 12.4. The van der Waals surface area contributed by atoms with Crippen LogP contribution < -0.4 is 5.32 Å². The van der Waals surface area contributed by atoms with Gasteiger partial charge in [0, 0.05) is 18.1 Å². The Morgan fingerprint density at radius 3 is 2.06 bits per heavy atom. The van der Waals surface area contributed by atoms with Crippen LogP contribution in [0.5, 0.6) is 0 Å². The third-order valence-electron chi connectivity index (χ3n) is 3.74. The van der Waals surface area contributed by atoms with Gasteiger partial charge >= 0.3 is 0 Å². The van der Waals surface area contributed by atoms with E-state index in [-0.39, 0.29) is 0 Å². The van der Waals surface area contributed by atoms with E-state index in [0.717, 1.165) is 12.5 Å². The van der Waals surface area contributed by atoms with Crippen LogP contribution in [-0.2, 0) is 0 Å². The summed E-state index contributed by atoms with van der Waals surface area (Å²) in [7, 11) is 2.25. The molecule has 0 bridgehead atoms. The Morgan fingerprint density at radius 1 is 1.06 bits per heavy atom. The van der Waals surface area contributed by atoms with E-state index in [1.807, 2.05) is 0 Å². The molecule has 0 saturated heterocycles. The molecule has 0 saturated carbocycles. The molecule has 0 aliphatic heterocycles. The Balaban J connectivity index is 3.98. The highest BCUT2D eigenvalue weighted by atomic mass is 15.2. The molecule has 2 nitrogen and oxygen atoms in total. The van der Waals surface area contributed by atoms with Crippen molar-refractivity contribution in [3.63, 3.8) is 0 Å². The Morgan fingerprint density at radius 2 is 1.62 bits per heavy atom. The summed E-state index contributed by atoms with van der Waals surface area (Å²) in [6.45, 7) is 14.9. The lowest BCUT2D eigenvalue weighted by atomic mass is 10.0. The predicted octanol–water partition coefficient (Wildman–Crippen LogP) is 3.13. The van der Waals surface area contributed by atoms with Crippen molar-refractivity contribution in [2.24, 2.45) is 5.92 Å². The number of hydrogen-bond donors (Lipinski definition) is 1. The van der Waals surface area contributed by atoms with Crippen molar-refractivity contribution in [3.8, 4) is 0 Å². The maximum atomic E-state index is 3.56. The van der Waals surface area contributed by atoms with E-state index < -0.39 is 0 Å². The lowest BCUT2D eigenvalue weighted by molar-refractivity contribution is 0.144. The minimum Gasteiger partial charge on any atom is -0.314 e. The molecule has 3 unspecified atom stereocenters. The maximum Gasteiger partial charge on any atom is 0.00897 e.